The lowest BCUT2D eigenvalue weighted by Gasteiger charge is -2.24. The highest BCUT2D eigenvalue weighted by atomic mass is 32.2. The van der Waals surface area contributed by atoms with Gasteiger partial charge in [-0.3, -0.25) is 24.5 Å². The molecule has 0 radical (unpaired) electrons. The average Bonchev–Trinajstić information content (AvgIpc) is 2.61. The van der Waals surface area contributed by atoms with Gasteiger partial charge in [-0.05, 0) is 19.1 Å². The Kier molecular flexibility index (Phi) is 5.41. The van der Waals surface area contributed by atoms with Gasteiger partial charge in [-0.1, -0.05) is 12.1 Å². The van der Waals surface area contributed by atoms with Crippen molar-refractivity contribution in [2.75, 3.05) is 18.0 Å². The van der Waals surface area contributed by atoms with E-state index in [9.17, 15) is 28.6 Å². The van der Waals surface area contributed by atoms with E-state index in [-0.39, 0.29) is 23.7 Å². The fourth-order valence-electron chi connectivity index (χ4n) is 2.40. The van der Waals surface area contributed by atoms with Crippen molar-refractivity contribution >= 4 is 27.1 Å². The lowest BCUT2D eigenvalue weighted by Crippen LogP contribution is -2.31. The highest BCUT2D eigenvalue weighted by molar-refractivity contribution is 7.93. The number of ether oxygens (including phenoxy) is 1. The molecule has 0 N–H and O–H groups in total. The summed E-state index contributed by atoms with van der Waals surface area (Å²) in [5.74, 6) is 0.0830. The summed E-state index contributed by atoms with van der Waals surface area (Å²) < 4.78 is 32.0. The summed E-state index contributed by atoms with van der Waals surface area (Å²) in [5.41, 5.74) is -1.00. The van der Waals surface area contributed by atoms with Gasteiger partial charge in [0.2, 0.25) is 0 Å². The third-order valence-electron chi connectivity index (χ3n) is 3.56. The SMILES string of the molecule is CCN(c1cc([N+](=O)[O-])ccc1OC)S(=O)(=O)c1ccccc1[N+](=O)[O-]. The van der Waals surface area contributed by atoms with Crippen LogP contribution in [0.1, 0.15) is 6.92 Å². The number of hydrogen-bond donors (Lipinski definition) is 0. The number of methoxy groups -OCH3 is 1. The second-order valence-corrected chi connectivity index (χ2v) is 6.84. The van der Waals surface area contributed by atoms with Crippen molar-refractivity contribution < 1.29 is 23.0 Å². The quantitative estimate of drug-likeness (QED) is 0.532. The molecule has 2 aromatic carbocycles. The van der Waals surface area contributed by atoms with Crippen LogP contribution in [-0.2, 0) is 10.0 Å². The van der Waals surface area contributed by atoms with Crippen molar-refractivity contribution in [3.05, 3.63) is 62.7 Å². The minimum absolute atomic E-state index is 0.0812. The van der Waals surface area contributed by atoms with Gasteiger partial charge in [0.05, 0.1) is 17.0 Å². The van der Waals surface area contributed by atoms with E-state index in [1.807, 2.05) is 0 Å². The highest BCUT2D eigenvalue weighted by Gasteiger charge is 2.33. The summed E-state index contributed by atoms with van der Waals surface area (Å²) in [7, 11) is -3.08. The molecule has 138 valence electrons. The molecule has 0 saturated carbocycles. The molecule has 11 heteroatoms. The Balaban J connectivity index is 2.71. The monoisotopic (exact) mass is 381 g/mol. The van der Waals surface area contributed by atoms with Crippen molar-refractivity contribution in [3.63, 3.8) is 0 Å². The van der Waals surface area contributed by atoms with Gasteiger partial charge < -0.3 is 4.74 Å². The third kappa shape index (κ3) is 3.42. The maximum absolute atomic E-state index is 13.0. The van der Waals surface area contributed by atoms with Crippen LogP contribution in [0.2, 0.25) is 0 Å². The zero-order valence-corrected chi connectivity index (χ0v) is 14.7. The zero-order valence-electron chi connectivity index (χ0n) is 13.9. The van der Waals surface area contributed by atoms with Gasteiger partial charge >= 0.3 is 0 Å². The van der Waals surface area contributed by atoms with E-state index in [0.717, 1.165) is 22.5 Å². The molecule has 0 spiro atoms. The van der Waals surface area contributed by atoms with Crippen molar-refractivity contribution in [3.8, 4) is 5.75 Å². The van der Waals surface area contributed by atoms with Gasteiger partial charge in [0.15, 0.2) is 4.90 Å². The number of nitro benzene ring substituents is 2. The molecule has 10 nitrogen and oxygen atoms in total. The molecule has 0 amide bonds. The molecule has 0 aliphatic carbocycles. The second kappa shape index (κ2) is 7.35. The molecule has 0 unspecified atom stereocenters. The molecule has 0 aliphatic heterocycles. The number of sulfonamides is 1. The Labute approximate surface area is 149 Å². The minimum atomic E-state index is -4.37. The van der Waals surface area contributed by atoms with Gasteiger partial charge in [-0.15, -0.1) is 0 Å². The first kappa shape index (κ1) is 19.1. The molecule has 0 fully saturated rings. The summed E-state index contributed by atoms with van der Waals surface area (Å²) in [6, 6.07) is 8.39. The van der Waals surface area contributed by atoms with Crippen LogP contribution < -0.4 is 9.04 Å². The van der Waals surface area contributed by atoms with Gasteiger partial charge in [0, 0.05) is 24.7 Å². The molecule has 0 atom stereocenters. The van der Waals surface area contributed by atoms with Crippen LogP contribution in [0.15, 0.2) is 47.4 Å². The first-order valence-electron chi connectivity index (χ1n) is 7.32. The number of hydrogen-bond acceptors (Lipinski definition) is 7. The molecule has 0 saturated heterocycles. The number of anilines is 1. The molecule has 0 heterocycles. The zero-order chi connectivity index (χ0) is 19.5. The standard InChI is InChI=1S/C15H15N3O7S/c1-3-16(13-10-11(17(19)20)8-9-14(13)25-2)26(23,24)15-7-5-4-6-12(15)18(21)22/h4-10H,3H2,1-2H3. The van der Waals surface area contributed by atoms with Crippen LogP contribution in [0, 0.1) is 20.2 Å². The Morgan fingerprint density at radius 1 is 1.08 bits per heavy atom. The fourth-order valence-corrected chi connectivity index (χ4v) is 4.04. The van der Waals surface area contributed by atoms with Crippen LogP contribution in [0.4, 0.5) is 17.1 Å². The van der Waals surface area contributed by atoms with Crippen LogP contribution in [-0.4, -0.2) is 31.9 Å². The van der Waals surface area contributed by atoms with Crippen molar-refractivity contribution in [1.82, 2.24) is 0 Å². The number of nitro groups is 2. The average molecular weight is 381 g/mol. The topological polar surface area (TPSA) is 133 Å². The maximum Gasteiger partial charge on any atom is 0.289 e. The fraction of sp³-hybridized carbons (Fsp3) is 0.200. The first-order chi connectivity index (χ1) is 12.2. The number of rotatable bonds is 7. The maximum atomic E-state index is 13.0. The van der Waals surface area contributed by atoms with E-state index in [0.29, 0.717) is 0 Å². The van der Waals surface area contributed by atoms with Crippen LogP contribution >= 0.6 is 0 Å². The number of para-hydroxylation sites is 1. The van der Waals surface area contributed by atoms with E-state index < -0.39 is 30.5 Å². The van der Waals surface area contributed by atoms with Gasteiger partial charge in [0.1, 0.15) is 11.4 Å². The molecule has 2 aromatic rings. The molecule has 2 rings (SSSR count). The Bertz CT molecular complexity index is 959. The summed E-state index contributed by atoms with van der Waals surface area (Å²) >= 11 is 0. The van der Waals surface area contributed by atoms with Crippen LogP contribution in [0.3, 0.4) is 0 Å². The van der Waals surface area contributed by atoms with Gasteiger partial charge in [-0.2, -0.15) is 0 Å². The van der Waals surface area contributed by atoms with Crippen LogP contribution in [0.5, 0.6) is 5.75 Å². The summed E-state index contributed by atoms with van der Waals surface area (Å²) in [4.78, 5) is 20.2. The summed E-state index contributed by atoms with van der Waals surface area (Å²) in [6.07, 6.45) is 0. The molecular formula is C15H15N3O7S. The summed E-state index contributed by atoms with van der Waals surface area (Å²) in [5, 5.41) is 22.2. The number of benzene rings is 2. The minimum Gasteiger partial charge on any atom is -0.495 e. The lowest BCUT2D eigenvalue weighted by atomic mass is 10.2. The van der Waals surface area contributed by atoms with E-state index in [4.69, 9.17) is 4.74 Å². The highest BCUT2D eigenvalue weighted by Crippen LogP contribution is 2.37. The lowest BCUT2D eigenvalue weighted by molar-refractivity contribution is -0.387. The van der Waals surface area contributed by atoms with Gasteiger partial charge in [0.25, 0.3) is 21.4 Å². The molecule has 26 heavy (non-hydrogen) atoms. The Morgan fingerprint density at radius 3 is 2.27 bits per heavy atom. The van der Waals surface area contributed by atoms with E-state index in [1.54, 1.807) is 0 Å². The smallest absolute Gasteiger partial charge is 0.289 e. The number of non-ortho nitro benzene ring substituents is 1. The molecular weight excluding hydrogens is 366 g/mol. The molecule has 0 bridgehead atoms. The van der Waals surface area contributed by atoms with E-state index >= 15 is 0 Å². The normalized spacial score (nSPS) is 11.0. The molecule has 0 aromatic heterocycles. The summed E-state index contributed by atoms with van der Waals surface area (Å²) in [6.45, 7) is 1.39. The van der Waals surface area contributed by atoms with Crippen LogP contribution in [0.25, 0.3) is 0 Å². The Morgan fingerprint density at radius 2 is 1.73 bits per heavy atom. The Hall–Kier alpha value is -3.21. The van der Waals surface area contributed by atoms with Crippen molar-refractivity contribution in [2.24, 2.45) is 0 Å². The van der Waals surface area contributed by atoms with Crippen molar-refractivity contribution in [2.45, 2.75) is 11.8 Å². The molecule has 0 aliphatic rings. The predicted molar refractivity (Wildman–Crippen MR) is 93.0 cm³/mol. The van der Waals surface area contributed by atoms with E-state index in [2.05, 4.69) is 0 Å². The second-order valence-electron chi connectivity index (χ2n) is 5.01. The third-order valence-corrected chi connectivity index (χ3v) is 5.50. The largest absolute Gasteiger partial charge is 0.495 e. The van der Waals surface area contributed by atoms with Crippen molar-refractivity contribution in [1.29, 1.82) is 0 Å². The predicted octanol–water partition coefficient (Wildman–Crippen LogP) is 2.73. The number of nitrogens with zero attached hydrogens (tertiary/aromatic N) is 3. The van der Waals surface area contributed by atoms with Gasteiger partial charge in [-0.25, -0.2) is 8.42 Å². The van der Waals surface area contributed by atoms with E-state index in [1.165, 1.54) is 38.3 Å². The first-order valence-corrected chi connectivity index (χ1v) is 8.76.